The van der Waals surface area contributed by atoms with E-state index in [0.29, 0.717) is 24.4 Å². The first-order valence-corrected chi connectivity index (χ1v) is 14.4. The van der Waals surface area contributed by atoms with E-state index in [2.05, 4.69) is 20.6 Å². The fourth-order valence-corrected chi connectivity index (χ4v) is 7.22. The van der Waals surface area contributed by atoms with Gasteiger partial charge in [0.1, 0.15) is 11.3 Å². The number of pyridine rings is 1. The normalized spacial score (nSPS) is 18.5. The highest BCUT2D eigenvalue weighted by molar-refractivity contribution is 7.90. The van der Waals surface area contributed by atoms with Gasteiger partial charge in [-0.3, -0.25) is 0 Å². The Labute approximate surface area is 212 Å². The van der Waals surface area contributed by atoms with Crippen molar-refractivity contribution in [3.8, 4) is 6.07 Å². The summed E-state index contributed by atoms with van der Waals surface area (Å²) in [6, 6.07) is 12.8. The van der Waals surface area contributed by atoms with Crippen LogP contribution in [0.3, 0.4) is 0 Å². The van der Waals surface area contributed by atoms with Crippen molar-refractivity contribution in [1.29, 1.82) is 5.26 Å². The highest BCUT2D eigenvalue weighted by Gasteiger charge is 2.28. The van der Waals surface area contributed by atoms with Gasteiger partial charge in [-0.05, 0) is 49.8 Å². The maximum Gasteiger partial charge on any atom is 0.269 e. The van der Waals surface area contributed by atoms with E-state index in [0.717, 1.165) is 53.6 Å². The third-order valence-corrected chi connectivity index (χ3v) is 9.40. The van der Waals surface area contributed by atoms with Gasteiger partial charge in [-0.15, -0.1) is 11.3 Å². The van der Waals surface area contributed by atoms with Gasteiger partial charge in [0.25, 0.3) is 10.0 Å². The Kier molecular flexibility index (Phi) is 5.82. The molecule has 36 heavy (non-hydrogen) atoms. The molecule has 0 N–H and O–H groups in total. The van der Waals surface area contributed by atoms with Crippen LogP contribution in [0.25, 0.3) is 22.1 Å². The summed E-state index contributed by atoms with van der Waals surface area (Å²) in [5.74, 6) is 1.34. The van der Waals surface area contributed by atoms with Gasteiger partial charge in [0.05, 0.1) is 33.9 Å². The SMILES string of the molecule is N#CC[C@H]1CC[C@H](n2c(Cc3cscn3)nc3cnc4c(ccn4S(=O)(=O)c4ccccc4)c32)CC1. The first-order valence-electron chi connectivity index (χ1n) is 12.0. The van der Waals surface area contributed by atoms with Crippen molar-refractivity contribution in [2.75, 3.05) is 0 Å². The smallest absolute Gasteiger partial charge is 0.269 e. The molecule has 0 saturated heterocycles. The Hall–Kier alpha value is -3.55. The maximum atomic E-state index is 13.4. The highest BCUT2D eigenvalue weighted by Crippen LogP contribution is 2.38. The van der Waals surface area contributed by atoms with Gasteiger partial charge in [0.15, 0.2) is 5.65 Å². The molecular weight excluding hydrogens is 492 g/mol. The predicted molar refractivity (Wildman–Crippen MR) is 138 cm³/mol. The number of hydrogen-bond acceptors (Lipinski definition) is 7. The minimum Gasteiger partial charge on any atom is -0.324 e. The number of fused-ring (bicyclic) bond motifs is 3. The molecule has 0 radical (unpaired) electrons. The summed E-state index contributed by atoms with van der Waals surface area (Å²) in [4.78, 5) is 14.2. The summed E-state index contributed by atoms with van der Waals surface area (Å²) in [6.45, 7) is 0. The minimum atomic E-state index is -3.79. The average molecular weight is 517 g/mol. The highest BCUT2D eigenvalue weighted by atomic mass is 32.2. The molecule has 0 unspecified atom stereocenters. The van der Waals surface area contributed by atoms with E-state index < -0.39 is 10.0 Å². The van der Waals surface area contributed by atoms with Gasteiger partial charge in [-0.2, -0.15) is 5.26 Å². The fourth-order valence-electron chi connectivity index (χ4n) is 5.34. The monoisotopic (exact) mass is 516 g/mol. The lowest BCUT2D eigenvalue weighted by Gasteiger charge is -2.30. The van der Waals surface area contributed by atoms with Gasteiger partial charge in [-0.25, -0.2) is 27.3 Å². The molecule has 1 aliphatic carbocycles. The summed E-state index contributed by atoms with van der Waals surface area (Å²) in [6.07, 6.45) is 8.34. The second-order valence-corrected chi connectivity index (χ2v) is 11.8. The number of aromatic nitrogens is 5. The number of thiazole rings is 1. The molecule has 0 aliphatic heterocycles. The Morgan fingerprint density at radius 3 is 2.61 bits per heavy atom. The van der Waals surface area contributed by atoms with Crippen molar-refractivity contribution < 1.29 is 8.42 Å². The third kappa shape index (κ3) is 3.88. The van der Waals surface area contributed by atoms with E-state index in [1.54, 1.807) is 54.1 Å². The third-order valence-electron chi connectivity index (χ3n) is 7.09. The molecule has 0 bridgehead atoms. The van der Waals surface area contributed by atoms with Crippen LogP contribution in [0.4, 0.5) is 0 Å². The Morgan fingerprint density at radius 2 is 1.89 bits per heavy atom. The lowest BCUT2D eigenvalue weighted by molar-refractivity contribution is 0.278. The molecule has 4 heterocycles. The van der Waals surface area contributed by atoms with Crippen LogP contribution in [0.15, 0.2) is 64.6 Å². The number of hydrogen-bond donors (Lipinski definition) is 0. The molecule has 5 aromatic rings. The molecule has 1 aliphatic rings. The van der Waals surface area contributed by atoms with E-state index in [9.17, 15) is 8.42 Å². The number of nitrogens with zero attached hydrogens (tertiary/aromatic N) is 6. The maximum absolute atomic E-state index is 13.4. The Balaban J connectivity index is 1.51. The first-order chi connectivity index (χ1) is 17.6. The molecule has 1 fully saturated rings. The zero-order valence-electron chi connectivity index (χ0n) is 19.5. The van der Waals surface area contributed by atoms with Gasteiger partial charge in [0.2, 0.25) is 0 Å². The number of rotatable bonds is 6. The molecule has 4 aromatic heterocycles. The van der Waals surface area contributed by atoms with Gasteiger partial charge in [-0.1, -0.05) is 18.2 Å². The van der Waals surface area contributed by atoms with Crippen molar-refractivity contribution in [3.05, 3.63) is 71.2 Å². The quantitative estimate of drug-likeness (QED) is 0.303. The zero-order valence-corrected chi connectivity index (χ0v) is 21.1. The van der Waals surface area contributed by atoms with Crippen LogP contribution in [0, 0.1) is 17.2 Å². The summed E-state index contributed by atoms with van der Waals surface area (Å²) in [5, 5.41) is 11.9. The molecule has 182 valence electrons. The van der Waals surface area contributed by atoms with E-state index in [-0.39, 0.29) is 10.9 Å². The standard InChI is InChI=1S/C26H24N6O2S2/c27-12-10-18-6-8-20(9-7-18)32-24(14-19-16-35-17-29-19)30-23-15-28-26-22(25(23)32)11-13-31(26)36(33,34)21-4-2-1-3-5-21/h1-5,11,13,15-18,20H,6-10,14H2/t18-,20-. The second-order valence-electron chi connectivity index (χ2n) is 9.25. The number of imidazole rings is 1. The predicted octanol–water partition coefficient (Wildman–Crippen LogP) is 5.32. The zero-order chi connectivity index (χ0) is 24.7. The average Bonchev–Trinajstić information content (AvgIpc) is 3.64. The first kappa shape index (κ1) is 22.9. The second kappa shape index (κ2) is 9.15. The largest absolute Gasteiger partial charge is 0.324 e. The minimum absolute atomic E-state index is 0.220. The van der Waals surface area contributed by atoms with E-state index in [1.165, 1.54) is 3.97 Å². The van der Waals surface area contributed by atoms with Crippen LogP contribution in [0.2, 0.25) is 0 Å². The van der Waals surface area contributed by atoms with E-state index in [4.69, 9.17) is 10.2 Å². The Morgan fingerprint density at radius 1 is 1.08 bits per heavy atom. The lowest BCUT2D eigenvalue weighted by atomic mass is 9.84. The van der Waals surface area contributed by atoms with Gasteiger partial charge < -0.3 is 4.57 Å². The van der Waals surface area contributed by atoms with Crippen molar-refractivity contribution in [1.82, 2.24) is 23.5 Å². The van der Waals surface area contributed by atoms with Crippen LogP contribution >= 0.6 is 11.3 Å². The van der Waals surface area contributed by atoms with Crippen LogP contribution in [-0.4, -0.2) is 31.9 Å². The van der Waals surface area contributed by atoms with Crippen LogP contribution < -0.4 is 0 Å². The van der Waals surface area contributed by atoms with Crippen molar-refractivity contribution >= 4 is 43.4 Å². The summed E-state index contributed by atoms with van der Waals surface area (Å²) >= 11 is 1.56. The summed E-state index contributed by atoms with van der Waals surface area (Å²) < 4.78 is 30.4. The van der Waals surface area contributed by atoms with Crippen molar-refractivity contribution in [2.45, 2.75) is 49.5 Å². The molecule has 0 atom stereocenters. The molecule has 0 spiro atoms. The van der Waals surface area contributed by atoms with Crippen LogP contribution in [-0.2, 0) is 16.4 Å². The van der Waals surface area contributed by atoms with E-state index >= 15 is 0 Å². The number of nitriles is 1. The topological polar surface area (TPSA) is 106 Å². The molecular formula is C26H24N6O2S2. The number of benzene rings is 1. The Bertz CT molecular complexity index is 1670. The fraction of sp³-hybridized carbons (Fsp3) is 0.308. The molecule has 1 saturated carbocycles. The van der Waals surface area contributed by atoms with Gasteiger partial charge in [0, 0.05) is 35.8 Å². The molecule has 6 rings (SSSR count). The molecule has 10 heteroatoms. The van der Waals surface area contributed by atoms with E-state index in [1.807, 2.05) is 17.0 Å². The molecule has 1 aromatic carbocycles. The summed E-state index contributed by atoms with van der Waals surface area (Å²) in [5.41, 5.74) is 4.84. The van der Waals surface area contributed by atoms with Crippen LogP contribution in [0.1, 0.15) is 49.7 Å². The lowest BCUT2D eigenvalue weighted by Crippen LogP contribution is -2.20. The van der Waals surface area contributed by atoms with Crippen molar-refractivity contribution in [2.24, 2.45) is 5.92 Å². The van der Waals surface area contributed by atoms with Gasteiger partial charge >= 0.3 is 0 Å². The summed E-state index contributed by atoms with van der Waals surface area (Å²) in [7, 11) is -3.79. The molecule has 0 amide bonds. The van der Waals surface area contributed by atoms with Crippen LogP contribution in [0.5, 0.6) is 0 Å². The molecule has 8 nitrogen and oxygen atoms in total. The van der Waals surface area contributed by atoms with Crippen molar-refractivity contribution in [3.63, 3.8) is 0 Å².